The molecule has 2 rings (SSSR count). The van der Waals surface area contributed by atoms with Gasteiger partial charge in [-0.2, -0.15) is 0 Å². The minimum Gasteiger partial charge on any atom is -0.504 e. The first-order valence-corrected chi connectivity index (χ1v) is 8.58. The van der Waals surface area contributed by atoms with Gasteiger partial charge in [0.1, 0.15) is 0 Å². The third-order valence-corrected chi connectivity index (χ3v) is 4.82. The molecule has 0 aromatic heterocycles. The van der Waals surface area contributed by atoms with Gasteiger partial charge in [-0.15, -0.1) is 0 Å². The van der Waals surface area contributed by atoms with E-state index in [1.807, 2.05) is 0 Å². The van der Waals surface area contributed by atoms with Crippen molar-refractivity contribution in [3.05, 3.63) is 23.8 Å². The second kappa shape index (κ2) is 8.24. The number of hydrogen-bond acceptors (Lipinski definition) is 4. The van der Waals surface area contributed by atoms with Crippen LogP contribution in [0.1, 0.15) is 45.6 Å². The summed E-state index contributed by atoms with van der Waals surface area (Å²) >= 11 is 0. The molecule has 1 saturated carbocycles. The monoisotopic (exact) mass is 336 g/mol. The standard InChI is InChI=1S/C18H28N2O4/c1-11(2)14-6-4-5-12(3)17(14)24-20-18(23)19-10-13-7-8-15(21)16(22)9-13/h7-9,11-12,14,17,21-22H,4-6,10H2,1-3H3,(H2,19,20,23)/t12-,14+,17-/m0/s1. The first-order valence-electron chi connectivity index (χ1n) is 8.58. The Kier molecular flexibility index (Phi) is 6.31. The maximum Gasteiger partial charge on any atom is 0.338 e. The molecular formula is C18H28N2O4. The molecule has 1 aliphatic rings. The maximum atomic E-state index is 11.9. The fourth-order valence-corrected chi connectivity index (χ4v) is 3.36. The molecule has 0 radical (unpaired) electrons. The summed E-state index contributed by atoms with van der Waals surface area (Å²) in [5.41, 5.74) is 3.19. The van der Waals surface area contributed by atoms with E-state index in [0.29, 0.717) is 23.3 Å². The van der Waals surface area contributed by atoms with E-state index in [0.717, 1.165) is 12.8 Å². The lowest BCUT2D eigenvalue weighted by atomic mass is 9.74. The fraction of sp³-hybridized carbons (Fsp3) is 0.611. The molecule has 0 heterocycles. The molecule has 1 aliphatic carbocycles. The Morgan fingerprint density at radius 1 is 1.29 bits per heavy atom. The molecule has 1 aromatic rings. The minimum atomic E-state index is -0.414. The van der Waals surface area contributed by atoms with E-state index >= 15 is 0 Å². The molecule has 2 amide bonds. The fourth-order valence-electron chi connectivity index (χ4n) is 3.36. The van der Waals surface area contributed by atoms with Crippen LogP contribution >= 0.6 is 0 Å². The summed E-state index contributed by atoms with van der Waals surface area (Å²) in [5.74, 6) is 0.991. The lowest BCUT2D eigenvalue weighted by Crippen LogP contribution is -2.44. The van der Waals surface area contributed by atoms with Crippen LogP contribution in [0.2, 0.25) is 0 Å². The summed E-state index contributed by atoms with van der Waals surface area (Å²) in [6, 6.07) is 4.02. The normalized spacial score (nSPS) is 23.9. The number of hydrogen-bond donors (Lipinski definition) is 4. The van der Waals surface area contributed by atoms with Gasteiger partial charge >= 0.3 is 6.03 Å². The van der Waals surface area contributed by atoms with Gasteiger partial charge in [-0.1, -0.05) is 33.3 Å². The molecule has 0 saturated heterocycles. The second-order valence-corrected chi connectivity index (χ2v) is 7.01. The molecule has 0 bridgehead atoms. The van der Waals surface area contributed by atoms with E-state index in [9.17, 15) is 15.0 Å². The summed E-state index contributed by atoms with van der Waals surface area (Å²) in [7, 11) is 0. The number of hydroxylamine groups is 1. The van der Waals surface area contributed by atoms with Gasteiger partial charge in [-0.25, -0.2) is 10.3 Å². The molecule has 0 aliphatic heterocycles. The molecule has 0 unspecified atom stereocenters. The van der Waals surface area contributed by atoms with E-state index in [2.05, 4.69) is 31.6 Å². The van der Waals surface area contributed by atoms with Crippen molar-refractivity contribution >= 4 is 6.03 Å². The van der Waals surface area contributed by atoms with Crippen LogP contribution < -0.4 is 10.8 Å². The van der Waals surface area contributed by atoms with Crippen LogP contribution in [0.5, 0.6) is 11.5 Å². The number of benzene rings is 1. The zero-order valence-corrected chi connectivity index (χ0v) is 14.6. The van der Waals surface area contributed by atoms with Gasteiger partial charge < -0.3 is 15.5 Å². The summed E-state index contributed by atoms with van der Waals surface area (Å²) in [5, 5.41) is 21.4. The molecule has 1 fully saturated rings. The average Bonchev–Trinajstić information content (AvgIpc) is 2.54. The molecule has 24 heavy (non-hydrogen) atoms. The predicted octanol–water partition coefficient (Wildman–Crippen LogP) is 3.29. The van der Waals surface area contributed by atoms with E-state index in [1.165, 1.54) is 18.6 Å². The first-order chi connectivity index (χ1) is 11.4. The number of aromatic hydroxyl groups is 2. The Labute approximate surface area is 143 Å². The van der Waals surface area contributed by atoms with E-state index in [1.54, 1.807) is 6.07 Å². The van der Waals surface area contributed by atoms with Gasteiger partial charge in [0, 0.05) is 6.54 Å². The van der Waals surface area contributed by atoms with E-state index in [4.69, 9.17) is 4.84 Å². The van der Waals surface area contributed by atoms with Crippen LogP contribution in [0.4, 0.5) is 4.79 Å². The highest BCUT2D eigenvalue weighted by Gasteiger charge is 2.34. The van der Waals surface area contributed by atoms with Crippen molar-refractivity contribution < 1.29 is 19.8 Å². The second-order valence-electron chi connectivity index (χ2n) is 7.01. The predicted molar refractivity (Wildman–Crippen MR) is 91.4 cm³/mol. The van der Waals surface area contributed by atoms with E-state index < -0.39 is 6.03 Å². The zero-order chi connectivity index (χ0) is 17.7. The molecule has 3 atom stereocenters. The van der Waals surface area contributed by atoms with Gasteiger partial charge in [0.2, 0.25) is 0 Å². The molecule has 4 N–H and O–H groups in total. The highest BCUT2D eigenvalue weighted by molar-refractivity contribution is 5.72. The van der Waals surface area contributed by atoms with Crippen molar-refractivity contribution in [3.63, 3.8) is 0 Å². The highest BCUT2D eigenvalue weighted by Crippen LogP contribution is 2.35. The Bertz CT molecular complexity index is 562. The number of urea groups is 1. The van der Waals surface area contributed by atoms with Crippen LogP contribution in [0.25, 0.3) is 0 Å². The summed E-state index contributed by atoms with van der Waals surface area (Å²) < 4.78 is 0. The van der Waals surface area contributed by atoms with Crippen LogP contribution in [-0.2, 0) is 11.4 Å². The van der Waals surface area contributed by atoms with Crippen molar-refractivity contribution in [1.82, 2.24) is 10.8 Å². The topological polar surface area (TPSA) is 90.8 Å². The van der Waals surface area contributed by atoms with Gasteiger partial charge in [-0.3, -0.25) is 4.84 Å². The lowest BCUT2D eigenvalue weighted by molar-refractivity contribution is -0.0917. The molecule has 134 valence electrons. The van der Waals surface area contributed by atoms with Gasteiger partial charge in [0.05, 0.1) is 6.10 Å². The summed E-state index contributed by atoms with van der Waals surface area (Å²) in [4.78, 5) is 17.6. The van der Waals surface area contributed by atoms with Crippen LogP contribution in [0.15, 0.2) is 18.2 Å². The van der Waals surface area contributed by atoms with Gasteiger partial charge in [-0.05, 0) is 48.3 Å². The Morgan fingerprint density at radius 3 is 2.71 bits per heavy atom. The average molecular weight is 336 g/mol. The summed E-state index contributed by atoms with van der Waals surface area (Å²) in [6.07, 6.45) is 3.48. The Hall–Kier alpha value is -1.95. The van der Waals surface area contributed by atoms with Crippen molar-refractivity contribution in [2.75, 3.05) is 0 Å². The third kappa shape index (κ3) is 4.77. The highest BCUT2D eigenvalue weighted by atomic mass is 16.7. The van der Waals surface area contributed by atoms with Gasteiger partial charge in [0.25, 0.3) is 0 Å². The maximum absolute atomic E-state index is 11.9. The molecule has 1 aromatic carbocycles. The number of nitrogens with one attached hydrogen (secondary N) is 2. The summed E-state index contributed by atoms with van der Waals surface area (Å²) in [6.45, 7) is 6.78. The number of carbonyl (C=O) groups is 1. The number of phenols is 2. The number of carbonyl (C=O) groups excluding carboxylic acids is 1. The molecule has 6 nitrogen and oxygen atoms in total. The number of rotatable bonds is 5. The first kappa shape index (κ1) is 18.4. The Balaban J connectivity index is 1.82. The van der Waals surface area contributed by atoms with Crippen molar-refractivity contribution in [1.29, 1.82) is 0 Å². The van der Waals surface area contributed by atoms with Crippen LogP contribution in [0, 0.1) is 17.8 Å². The SMILES string of the molecule is CC(C)[C@H]1CCC[C@H](C)[C@@H]1ONC(=O)NCc1ccc(O)c(O)c1. The zero-order valence-electron chi connectivity index (χ0n) is 14.6. The van der Waals surface area contributed by atoms with Crippen molar-refractivity contribution in [2.45, 2.75) is 52.7 Å². The third-order valence-electron chi connectivity index (χ3n) is 4.82. The lowest BCUT2D eigenvalue weighted by Gasteiger charge is -2.37. The molecular weight excluding hydrogens is 308 g/mol. The van der Waals surface area contributed by atoms with Gasteiger partial charge in [0.15, 0.2) is 11.5 Å². The quantitative estimate of drug-likeness (QED) is 0.490. The Morgan fingerprint density at radius 2 is 2.04 bits per heavy atom. The number of amides is 2. The molecule has 6 heteroatoms. The molecule has 0 spiro atoms. The van der Waals surface area contributed by atoms with Crippen molar-refractivity contribution in [2.24, 2.45) is 17.8 Å². The van der Waals surface area contributed by atoms with E-state index in [-0.39, 0.29) is 24.1 Å². The smallest absolute Gasteiger partial charge is 0.338 e. The van der Waals surface area contributed by atoms with Crippen molar-refractivity contribution in [3.8, 4) is 11.5 Å². The van der Waals surface area contributed by atoms with Crippen LogP contribution in [0.3, 0.4) is 0 Å². The number of phenolic OH excluding ortho intramolecular Hbond substituents is 2. The van der Waals surface area contributed by atoms with Crippen LogP contribution in [-0.4, -0.2) is 22.3 Å². The largest absolute Gasteiger partial charge is 0.504 e. The minimum absolute atomic E-state index is 0.0298.